The minimum Gasteiger partial charge on any atom is -0.303 e. The summed E-state index contributed by atoms with van der Waals surface area (Å²) in [5.74, 6) is 0.534. The average molecular weight is 280 g/mol. The predicted molar refractivity (Wildman–Crippen MR) is 83.9 cm³/mol. The van der Waals surface area contributed by atoms with Crippen molar-refractivity contribution in [2.45, 2.75) is 83.7 Å². The Hall–Kier alpha value is -0.410. The minimum absolute atomic E-state index is 0.134. The Morgan fingerprint density at radius 1 is 1.42 bits per heavy atom. The number of thiazole rings is 1. The molecule has 0 spiro atoms. The van der Waals surface area contributed by atoms with E-state index >= 15 is 0 Å². The molecule has 0 radical (unpaired) electrons. The lowest BCUT2D eigenvalue weighted by Gasteiger charge is -2.32. The SMILES string of the molecule is CCCCC(CC)(NC1CC1)c1nc(C(C)C)cs1. The Kier molecular flexibility index (Phi) is 5.02. The molecule has 2 nitrogen and oxygen atoms in total. The van der Waals surface area contributed by atoms with E-state index in [2.05, 4.69) is 38.4 Å². The first-order valence-corrected chi connectivity index (χ1v) is 8.73. The lowest BCUT2D eigenvalue weighted by Crippen LogP contribution is -2.43. The fourth-order valence-electron chi connectivity index (χ4n) is 2.54. The monoisotopic (exact) mass is 280 g/mol. The van der Waals surface area contributed by atoms with Gasteiger partial charge in [-0.15, -0.1) is 11.3 Å². The van der Waals surface area contributed by atoms with Crippen molar-refractivity contribution in [1.82, 2.24) is 10.3 Å². The van der Waals surface area contributed by atoms with E-state index in [1.165, 1.54) is 42.8 Å². The summed E-state index contributed by atoms with van der Waals surface area (Å²) in [7, 11) is 0. The van der Waals surface area contributed by atoms with Gasteiger partial charge in [-0.2, -0.15) is 0 Å². The Labute approximate surface area is 122 Å². The van der Waals surface area contributed by atoms with Crippen LogP contribution in [0.25, 0.3) is 0 Å². The molecule has 1 aromatic rings. The largest absolute Gasteiger partial charge is 0.303 e. The standard InChI is InChI=1S/C16H28N2S/c1-5-7-10-16(6-2,18-13-8-9-13)15-17-14(11-19-15)12(3)4/h11-13,18H,5-10H2,1-4H3. The van der Waals surface area contributed by atoms with Crippen LogP contribution >= 0.6 is 11.3 Å². The molecule has 0 bridgehead atoms. The van der Waals surface area contributed by atoms with Crippen LogP contribution in [0.4, 0.5) is 0 Å². The molecule has 1 aliphatic rings. The van der Waals surface area contributed by atoms with Crippen molar-refractivity contribution in [2.24, 2.45) is 0 Å². The van der Waals surface area contributed by atoms with Crippen LogP contribution in [0.1, 0.15) is 82.8 Å². The second kappa shape index (κ2) is 6.36. The molecule has 1 saturated carbocycles. The maximum Gasteiger partial charge on any atom is 0.113 e. The van der Waals surface area contributed by atoms with E-state index in [9.17, 15) is 0 Å². The highest BCUT2D eigenvalue weighted by molar-refractivity contribution is 7.09. The van der Waals surface area contributed by atoms with Crippen LogP contribution in [-0.4, -0.2) is 11.0 Å². The van der Waals surface area contributed by atoms with E-state index in [0.29, 0.717) is 5.92 Å². The molecule has 0 aliphatic heterocycles. The molecule has 0 amide bonds. The Balaban J connectivity index is 2.21. The Bertz CT molecular complexity index is 395. The highest BCUT2D eigenvalue weighted by atomic mass is 32.1. The Morgan fingerprint density at radius 2 is 2.16 bits per heavy atom. The van der Waals surface area contributed by atoms with Crippen molar-refractivity contribution in [3.8, 4) is 0 Å². The van der Waals surface area contributed by atoms with E-state index < -0.39 is 0 Å². The average Bonchev–Trinajstić information content (AvgIpc) is 3.06. The van der Waals surface area contributed by atoms with Gasteiger partial charge in [-0.1, -0.05) is 40.5 Å². The maximum absolute atomic E-state index is 4.94. The summed E-state index contributed by atoms with van der Waals surface area (Å²) in [5, 5.41) is 7.48. The zero-order chi connectivity index (χ0) is 13.9. The second-order valence-electron chi connectivity index (χ2n) is 6.19. The van der Waals surface area contributed by atoms with E-state index in [0.717, 1.165) is 12.5 Å². The van der Waals surface area contributed by atoms with Crippen LogP contribution in [0.15, 0.2) is 5.38 Å². The van der Waals surface area contributed by atoms with Crippen LogP contribution in [-0.2, 0) is 5.54 Å². The third kappa shape index (κ3) is 3.57. The molecule has 108 valence electrons. The molecule has 0 aromatic carbocycles. The van der Waals surface area contributed by atoms with E-state index in [-0.39, 0.29) is 5.54 Å². The quantitative estimate of drug-likeness (QED) is 0.739. The topological polar surface area (TPSA) is 24.9 Å². The van der Waals surface area contributed by atoms with Crippen LogP contribution in [0.2, 0.25) is 0 Å². The fraction of sp³-hybridized carbons (Fsp3) is 0.812. The third-order valence-electron chi connectivity index (χ3n) is 4.14. The third-order valence-corrected chi connectivity index (χ3v) is 5.21. The van der Waals surface area contributed by atoms with Crippen molar-refractivity contribution < 1.29 is 0 Å². The number of hydrogen-bond donors (Lipinski definition) is 1. The highest BCUT2D eigenvalue weighted by Crippen LogP contribution is 2.37. The number of hydrogen-bond acceptors (Lipinski definition) is 3. The van der Waals surface area contributed by atoms with Gasteiger partial charge in [-0.05, 0) is 31.6 Å². The summed E-state index contributed by atoms with van der Waals surface area (Å²) in [6, 6.07) is 0.739. The summed E-state index contributed by atoms with van der Waals surface area (Å²) in [6.45, 7) is 9.04. The maximum atomic E-state index is 4.94. The summed E-state index contributed by atoms with van der Waals surface area (Å²) >= 11 is 1.86. The number of nitrogens with one attached hydrogen (secondary N) is 1. The molecule has 1 heterocycles. The second-order valence-corrected chi connectivity index (χ2v) is 7.05. The van der Waals surface area contributed by atoms with Gasteiger partial charge in [0.05, 0.1) is 11.2 Å². The summed E-state index contributed by atoms with van der Waals surface area (Å²) in [4.78, 5) is 4.94. The molecule has 1 atom stereocenters. The number of nitrogens with zero attached hydrogens (tertiary/aromatic N) is 1. The lowest BCUT2D eigenvalue weighted by atomic mass is 9.90. The number of rotatable bonds is 8. The molecule has 19 heavy (non-hydrogen) atoms. The molecular weight excluding hydrogens is 252 g/mol. The first-order chi connectivity index (χ1) is 9.11. The van der Waals surface area contributed by atoms with Crippen LogP contribution in [0.5, 0.6) is 0 Å². The molecule has 2 rings (SSSR count). The lowest BCUT2D eigenvalue weighted by molar-refractivity contribution is 0.283. The predicted octanol–water partition coefficient (Wildman–Crippen LogP) is 4.81. The van der Waals surface area contributed by atoms with Crippen LogP contribution in [0, 0.1) is 0 Å². The van der Waals surface area contributed by atoms with Crippen molar-refractivity contribution in [1.29, 1.82) is 0 Å². The summed E-state index contributed by atoms with van der Waals surface area (Å²) < 4.78 is 0. The molecule has 1 unspecified atom stereocenters. The zero-order valence-corrected chi connectivity index (χ0v) is 13.6. The Morgan fingerprint density at radius 3 is 2.63 bits per heavy atom. The first-order valence-electron chi connectivity index (χ1n) is 7.85. The zero-order valence-electron chi connectivity index (χ0n) is 12.8. The molecule has 0 saturated heterocycles. The van der Waals surface area contributed by atoms with Crippen molar-refractivity contribution >= 4 is 11.3 Å². The van der Waals surface area contributed by atoms with E-state index in [1.807, 2.05) is 11.3 Å². The molecule has 1 fully saturated rings. The van der Waals surface area contributed by atoms with Crippen LogP contribution < -0.4 is 5.32 Å². The normalized spacial score (nSPS) is 18.8. The molecule has 3 heteroatoms. The van der Waals surface area contributed by atoms with Gasteiger partial charge in [0, 0.05) is 11.4 Å². The first kappa shape index (κ1) is 15.0. The van der Waals surface area contributed by atoms with E-state index in [1.54, 1.807) is 0 Å². The highest BCUT2D eigenvalue weighted by Gasteiger charge is 2.38. The van der Waals surface area contributed by atoms with Crippen molar-refractivity contribution in [2.75, 3.05) is 0 Å². The van der Waals surface area contributed by atoms with Gasteiger partial charge in [0.25, 0.3) is 0 Å². The van der Waals surface area contributed by atoms with Gasteiger partial charge >= 0.3 is 0 Å². The summed E-state index contributed by atoms with van der Waals surface area (Å²) in [6.07, 6.45) is 7.60. The molecular formula is C16H28N2S. The van der Waals surface area contributed by atoms with Crippen LogP contribution in [0.3, 0.4) is 0 Å². The van der Waals surface area contributed by atoms with Gasteiger partial charge < -0.3 is 5.32 Å². The van der Waals surface area contributed by atoms with Crippen molar-refractivity contribution in [3.05, 3.63) is 16.1 Å². The summed E-state index contributed by atoms with van der Waals surface area (Å²) in [5.41, 5.74) is 1.39. The fourth-order valence-corrected chi connectivity index (χ4v) is 3.79. The molecule has 1 aliphatic carbocycles. The van der Waals surface area contributed by atoms with E-state index in [4.69, 9.17) is 4.98 Å². The van der Waals surface area contributed by atoms with Crippen molar-refractivity contribution in [3.63, 3.8) is 0 Å². The minimum atomic E-state index is 0.134. The molecule has 1 N–H and O–H groups in total. The van der Waals surface area contributed by atoms with Gasteiger partial charge in [0.15, 0.2) is 0 Å². The number of aromatic nitrogens is 1. The van der Waals surface area contributed by atoms with Gasteiger partial charge in [-0.25, -0.2) is 4.98 Å². The smallest absolute Gasteiger partial charge is 0.113 e. The van der Waals surface area contributed by atoms with Gasteiger partial charge in [0.1, 0.15) is 5.01 Å². The van der Waals surface area contributed by atoms with Gasteiger partial charge in [0.2, 0.25) is 0 Å². The number of unbranched alkanes of at least 4 members (excludes halogenated alkanes) is 1. The van der Waals surface area contributed by atoms with Gasteiger partial charge in [-0.3, -0.25) is 0 Å². The molecule has 1 aromatic heterocycles.